The second-order valence-electron chi connectivity index (χ2n) is 4.20. The molecule has 1 aromatic rings. The number of benzene rings is 1. The summed E-state index contributed by atoms with van der Waals surface area (Å²) in [6.07, 6.45) is 2.65. The van der Waals surface area contributed by atoms with Gasteiger partial charge in [0.15, 0.2) is 0 Å². The van der Waals surface area contributed by atoms with E-state index in [-0.39, 0.29) is 11.4 Å². The molecule has 1 aromatic carbocycles. The van der Waals surface area contributed by atoms with Crippen LogP contribution in [0.4, 0.5) is 4.39 Å². The van der Waals surface area contributed by atoms with Gasteiger partial charge in [-0.25, -0.2) is 4.39 Å². The molecule has 1 saturated carbocycles. The van der Waals surface area contributed by atoms with Gasteiger partial charge < -0.3 is 5.73 Å². The molecule has 0 spiro atoms. The van der Waals surface area contributed by atoms with Crippen LogP contribution in [0.5, 0.6) is 0 Å². The van der Waals surface area contributed by atoms with Crippen LogP contribution in [-0.2, 0) is 6.42 Å². The quantitative estimate of drug-likeness (QED) is 0.867. The zero-order chi connectivity index (χ0) is 10.3. The van der Waals surface area contributed by atoms with Gasteiger partial charge in [0.25, 0.3) is 0 Å². The smallest absolute Gasteiger partial charge is 0.127 e. The molecule has 0 aliphatic heterocycles. The second-order valence-corrected chi connectivity index (χ2v) is 4.99. The van der Waals surface area contributed by atoms with Crippen molar-refractivity contribution in [2.45, 2.75) is 31.7 Å². The average Bonchev–Trinajstić information content (AvgIpc) is 2.86. The van der Waals surface area contributed by atoms with Gasteiger partial charge in [-0.15, -0.1) is 0 Å². The van der Waals surface area contributed by atoms with Gasteiger partial charge in [0.05, 0.1) is 0 Å². The van der Waals surface area contributed by atoms with Crippen LogP contribution in [0.2, 0.25) is 0 Å². The van der Waals surface area contributed by atoms with E-state index < -0.39 is 0 Å². The zero-order valence-electron chi connectivity index (χ0n) is 8.11. The van der Waals surface area contributed by atoms with Crippen LogP contribution in [0.15, 0.2) is 16.6 Å². The summed E-state index contributed by atoms with van der Waals surface area (Å²) in [5.74, 6) is -0.154. The van der Waals surface area contributed by atoms with E-state index >= 15 is 0 Å². The molecule has 2 N–H and O–H groups in total. The summed E-state index contributed by atoms with van der Waals surface area (Å²) in [7, 11) is 0. The van der Waals surface area contributed by atoms with Crippen molar-refractivity contribution in [1.29, 1.82) is 0 Å². The van der Waals surface area contributed by atoms with Crippen molar-refractivity contribution in [2.75, 3.05) is 0 Å². The number of halogens is 2. The van der Waals surface area contributed by atoms with Gasteiger partial charge in [-0.2, -0.15) is 0 Å². The first kappa shape index (κ1) is 10.1. The van der Waals surface area contributed by atoms with Gasteiger partial charge >= 0.3 is 0 Å². The Balaban J connectivity index is 2.35. The molecule has 0 saturated heterocycles. The molecule has 0 unspecified atom stereocenters. The van der Waals surface area contributed by atoms with Gasteiger partial charge in [0.2, 0.25) is 0 Å². The Kier molecular flexibility index (Phi) is 2.40. The monoisotopic (exact) mass is 257 g/mol. The summed E-state index contributed by atoms with van der Waals surface area (Å²) in [5, 5.41) is 0. The van der Waals surface area contributed by atoms with Crippen molar-refractivity contribution >= 4 is 15.9 Å². The van der Waals surface area contributed by atoms with E-state index in [1.54, 1.807) is 6.07 Å². The van der Waals surface area contributed by atoms with Crippen molar-refractivity contribution in [3.8, 4) is 0 Å². The van der Waals surface area contributed by atoms with Gasteiger partial charge in [-0.05, 0) is 37.8 Å². The SMILES string of the molecule is Cc1ccc(F)c(CC2(N)CC2)c1Br. The molecule has 2 rings (SSSR count). The highest BCUT2D eigenvalue weighted by molar-refractivity contribution is 9.10. The third-order valence-electron chi connectivity index (χ3n) is 2.80. The van der Waals surface area contributed by atoms with E-state index in [0.717, 1.165) is 28.4 Å². The standard InChI is InChI=1S/C11H13BrFN/c1-7-2-3-9(13)8(10(7)12)6-11(14)4-5-11/h2-3H,4-6,14H2,1H3. The van der Waals surface area contributed by atoms with Crippen LogP contribution < -0.4 is 5.73 Å². The maximum Gasteiger partial charge on any atom is 0.127 e. The van der Waals surface area contributed by atoms with Crippen LogP contribution in [0.1, 0.15) is 24.0 Å². The van der Waals surface area contributed by atoms with Gasteiger partial charge in [0.1, 0.15) is 5.82 Å². The first-order chi connectivity index (χ1) is 6.52. The fraction of sp³-hybridized carbons (Fsp3) is 0.455. The first-order valence-electron chi connectivity index (χ1n) is 4.74. The maximum atomic E-state index is 13.5. The van der Waals surface area contributed by atoms with Gasteiger partial charge in [-0.1, -0.05) is 22.0 Å². The Morgan fingerprint density at radius 1 is 1.50 bits per heavy atom. The Bertz CT molecular complexity index is 372. The summed E-state index contributed by atoms with van der Waals surface area (Å²) in [6.45, 7) is 1.96. The largest absolute Gasteiger partial charge is 0.325 e. The predicted octanol–water partition coefficient (Wildman–Crippen LogP) is 2.93. The lowest BCUT2D eigenvalue weighted by molar-refractivity contribution is 0.580. The Labute approximate surface area is 91.6 Å². The van der Waals surface area contributed by atoms with Crippen molar-refractivity contribution < 1.29 is 4.39 Å². The summed E-state index contributed by atoms with van der Waals surface area (Å²) in [5.41, 5.74) is 7.62. The molecule has 1 aliphatic rings. The van der Waals surface area contributed by atoms with E-state index in [1.165, 1.54) is 6.07 Å². The number of aryl methyl sites for hydroxylation is 1. The van der Waals surface area contributed by atoms with Crippen LogP contribution in [0.25, 0.3) is 0 Å². The molecule has 0 atom stereocenters. The minimum absolute atomic E-state index is 0.142. The molecule has 76 valence electrons. The molecule has 0 bridgehead atoms. The van der Waals surface area contributed by atoms with Gasteiger partial charge in [0, 0.05) is 15.6 Å². The lowest BCUT2D eigenvalue weighted by Gasteiger charge is -2.12. The molecular formula is C11H13BrFN. The van der Waals surface area contributed by atoms with Crippen molar-refractivity contribution in [3.05, 3.63) is 33.5 Å². The lowest BCUT2D eigenvalue weighted by atomic mass is 10.0. The van der Waals surface area contributed by atoms with Crippen molar-refractivity contribution in [3.63, 3.8) is 0 Å². The summed E-state index contributed by atoms with van der Waals surface area (Å²) in [4.78, 5) is 0. The molecule has 0 radical (unpaired) electrons. The lowest BCUT2D eigenvalue weighted by Crippen LogP contribution is -2.25. The van der Waals surface area contributed by atoms with Crippen LogP contribution >= 0.6 is 15.9 Å². The van der Waals surface area contributed by atoms with Crippen LogP contribution in [0.3, 0.4) is 0 Å². The highest BCUT2D eigenvalue weighted by Gasteiger charge is 2.39. The van der Waals surface area contributed by atoms with E-state index in [2.05, 4.69) is 15.9 Å². The first-order valence-corrected chi connectivity index (χ1v) is 5.53. The molecule has 0 heterocycles. The second kappa shape index (κ2) is 3.31. The molecule has 3 heteroatoms. The summed E-state index contributed by atoms with van der Waals surface area (Å²) >= 11 is 3.42. The Morgan fingerprint density at radius 2 is 2.14 bits per heavy atom. The highest BCUT2D eigenvalue weighted by Crippen LogP contribution is 2.38. The molecule has 1 fully saturated rings. The Morgan fingerprint density at radius 3 is 2.71 bits per heavy atom. The zero-order valence-corrected chi connectivity index (χ0v) is 9.70. The summed E-state index contributed by atoms with van der Waals surface area (Å²) < 4.78 is 14.4. The molecule has 0 amide bonds. The minimum atomic E-state index is -0.154. The van der Waals surface area contributed by atoms with Crippen molar-refractivity contribution in [1.82, 2.24) is 0 Å². The third-order valence-corrected chi connectivity index (χ3v) is 3.90. The van der Waals surface area contributed by atoms with E-state index in [1.807, 2.05) is 6.92 Å². The Hall–Kier alpha value is -0.410. The maximum absolute atomic E-state index is 13.5. The molecule has 0 aromatic heterocycles. The predicted molar refractivity (Wildman–Crippen MR) is 58.7 cm³/mol. The summed E-state index contributed by atoms with van der Waals surface area (Å²) in [6, 6.07) is 3.29. The number of nitrogens with two attached hydrogens (primary N) is 1. The van der Waals surface area contributed by atoms with Crippen molar-refractivity contribution in [2.24, 2.45) is 5.73 Å². The fourth-order valence-electron chi connectivity index (χ4n) is 1.57. The van der Waals surface area contributed by atoms with E-state index in [0.29, 0.717) is 6.42 Å². The normalized spacial score (nSPS) is 18.3. The van der Waals surface area contributed by atoms with E-state index in [9.17, 15) is 4.39 Å². The minimum Gasteiger partial charge on any atom is -0.325 e. The number of hydrogen-bond acceptors (Lipinski definition) is 1. The number of rotatable bonds is 2. The molecular weight excluding hydrogens is 245 g/mol. The molecule has 14 heavy (non-hydrogen) atoms. The average molecular weight is 258 g/mol. The highest BCUT2D eigenvalue weighted by atomic mass is 79.9. The number of hydrogen-bond donors (Lipinski definition) is 1. The van der Waals surface area contributed by atoms with E-state index in [4.69, 9.17) is 5.73 Å². The topological polar surface area (TPSA) is 26.0 Å². The van der Waals surface area contributed by atoms with Gasteiger partial charge in [-0.3, -0.25) is 0 Å². The van der Waals surface area contributed by atoms with Crippen LogP contribution in [-0.4, -0.2) is 5.54 Å². The fourth-order valence-corrected chi connectivity index (χ4v) is 2.03. The molecule has 1 nitrogen and oxygen atoms in total. The molecule has 1 aliphatic carbocycles. The van der Waals surface area contributed by atoms with Crippen LogP contribution in [0, 0.1) is 12.7 Å². The third kappa shape index (κ3) is 1.84.